The van der Waals surface area contributed by atoms with Crippen molar-refractivity contribution in [2.24, 2.45) is 4.99 Å². The first kappa shape index (κ1) is 16.4. The van der Waals surface area contributed by atoms with Crippen LogP contribution in [0.4, 0.5) is 5.13 Å². The average molecular weight is 333 g/mol. The van der Waals surface area contributed by atoms with Crippen molar-refractivity contribution in [3.63, 3.8) is 0 Å². The number of anilines is 1. The molecule has 2 rings (SSSR count). The monoisotopic (exact) mass is 332 g/mol. The van der Waals surface area contributed by atoms with Gasteiger partial charge in [0.25, 0.3) is 0 Å². The normalized spacial score (nSPS) is 11.7. The summed E-state index contributed by atoms with van der Waals surface area (Å²) in [6.45, 7) is 10.5. The summed E-state index contributed by atoms with van der Waals surface area (Å²) in [5.41, 5.74) is 2.22. The lowest BCUT2D eigenvalue weighted by atomic mass is 10.1. The van der Waals surface area contributed by atoms with E-state index in [-0.39, 0.29) is 0 Å². The van der Waals surface area contributed by atoms with E-state index < -0.39 is 0 Å². The van der Waals surface area contributed by atoms with E-state index in [2.05, 4.69) is 40.5 Å². The number of nitrogens with one attached hydrogen (secondary N) is 1. The van der Waals surface area contributed by atoms with Gasteiger partial charge in [0, 0.05) is 30.1 Å². The van der Waals surface area contributed by atoms with Crippen LogP contribution >= 0.6 is 22.9 Å². The lowest BCUT2D eigenvalue weighted by molar-refractivity contribution is 0.976. The number of hydrogen-bond donors (Lipinski definition) is 1. The Labute approximate surface area is 139 Å². The Morgan fingerprint density at radius 1 is 1.50 bits per heavy atom. The fourth-order valence-electron chi connectivity index (χ4n) is 1.90. The van der Waals surface area contributed by atoms with Gasteiger partial charge in [0.2, 0.25) is 0 Å². The Balaban J connectivity index is 2.47. The molecule has 0 atom stereocenters. The van der Waals surface area contributed by atoms with Gasteiger partial charge in [-0.25, -0.2) is 9.97 Å². The summed E-state index contributed by atoms with van der Waals surface area (Å²) < 4.78 is 0. The molecular formula is C16H17ClN4S. The van der Waals surface area contributed by atoms with Crippen LogP contribution in [0, 0.1) is 0 Å². The zero-order valence-electron chi connectivity index (χ0n) is 12.3. The van der Waals surface area contributed by atoms with Crippen molar-refractivity contribution in [1.82, 2.24) is 9.97 Å². The quantitative estimate of drug-likeness (QED) is 0.451. The van der Waals surface area contributed by atoms with Gasteiger partial charge in [-0.1, -0.05) is 42.5 Å². The van der Waals surface area contributed by atoms with E-state index in [0.717, 1.165) is 34.1 Å². The molecule has 2 aromatic heterocycles. The number of aliphatic imine (C=N–C) groups is 1. The molecule has 0 unspecified atom stereocenters. The molecule has 0 amide bonds. The Bertz CT molecular complexity index is 706. The highest BCUT2D eigenvalue weighted by Gasteiger charge is 2.14. The molecule has 0 saturated heterocycles. The molecule has 2 aromatic rings. The highest BCUT2D eigenvalue weighted by molar-refractivity contribution is 7.16. The molecule has 1 N–H and O–H groups in total. The summed E-state index contributed by atoms with van der Waals surface area (Å²) >= 11 is 7.72. The molecule has 0 radical (unpaired) electrons. The van der Waals surface area contributed by atoms with E-state index in [1.807, 2.05) is 12.1 Å². The molecule has 0 aliphatic carbocycles. The van der Waals surface area contributed by atoms with Crippen LogP contribution in [-0.4, -0.2) is 23.2 Å². The minimum Gasteiger partial charge on any atom is -0.362 e. The molecule has 0 bridgehead atoms. The van der Waals surface area contributed by atoms with Gasteiger partial charge < -0.3 is 5.32 Å². The Hall–Kier alpha value is -1.98. The fourth-order valence-corrected chi connectivity index (χ4v) is 3.00. The third kappa shape index (κ3) is 3.61. The second kappa shape index (κ2) is 7.87. The van der Waals surface area contributed by atoms with Crippen molar-refractivity contribution in [3.8, 4) is 0 Å². The first-order chi connectivity index (χ1) is 10.7. The van der Waals surface area contributed by atoms with Crippen molar-refractivity contribution in [2.45, 2.75) is 13.3 Å². The number of allylic oxidation sites excluding steroid dienone is 2. The number of rotatable bonds is 7. The predicted octanol–water partition coefficient (Wildman–Crippen LogP) is 4.77. The Kier molecular flexibility index (Phi) is 5.86. The topological polar surface area (TPSA) is 50.2 Å². The smallest absolute Gasteiger partial charge is 0.183 e. The Morgan fingerprint density at radius 2 is 2.32 bits per heavy atom. The van der Waals surface area contributed by atoms with Crippen LogP contribution in [0.5, 0.6) is 0 Å². The first-order valence-corrected chi connectivity index (χ1v) is 8.05. The second-order valence-electron chi connectivity index (χ2n) is 4.42. The van der Waals surface area contributed by atoms with Gasteiger partial charge in [0.15, 0.2) is 5.13 Å². The van der Waals surface area contributed by atoms with Gasteiger partial charge >= 0.3 is 0 Å². The van der Waals surface area contributed by atoms with E-state index in [1.54, 1.807) is 29.8 Å². The average Bonchev–Trinajstić information content (AvgIpc) is 3.00. The van der Waals surface area contributed by atoms with E-state index >= 15 is 0 Å². The maximum atomic E-state index is 6.17. The van der Waals surface area contributed by atoms with Crippen molar-refractivity contribution in [1.29, 1.82) is 0 Å². The SMILES string of the molecule is C=C/C(=C(\N=C)c1cccnc1Cl)c1cnc(NCCC)s1. The zero-order valence-corrected chi connectivity index (χ0v) is 13.9. The molecule has 4 nitrogen and oxygen atoms in total. The first-order valence-electron chi connectivity index (χ1n) is 6.85. The van der Waals surface area contributed by atoms with E-state index in [0.29, 0.717) is 10.9 Å². The van der Waals surface area contributed by atoms with Crippen LogP contribution in [0.2, 0.25) is 5.15 Å². The van der Waals surface area contributed by atoms with Gasteiger partial charge in [-0.15, -0.1) is 0 Å². The molecule has 0 aliphatic rings. The molecule has 0 fully saturated rings. The second-order valence-corrected chi connectivity index (χ2v) is 5.81. The maximum Gasteiger partial charge on any atom is 0.183 e. The number of aromatic nitrogens is 2. The van der Waals surface area contributed by atoms with Gasteiger partial charge in [-0.05, 0) is 25.3 Å². The number of pyridine rings is 1. The third-order valence-corrected chi connectivity index (χ3v) is 4.22. The van der Waals surface area contributed by atoms with Crippen molar-refractivity contribution in [2.75, 3.05) is 11.9 Å². The lowest BCUT2D eigenvalue weighted by Crippen LogP contribution is -1.97. The van der Waals surface area contributed by atoms with Crippen LogP contribution in [0.3, 0.4) is 0 Å². The predicted molar refractivity (Wildman–Crippen MR) is 96.7 cm³/mol. The van der Waals surface area contributed by atoms with Gasteiger partial charge in [-0.3, -0.25) is 4.99 Å². The van der Waals surface area contributed by atoms with Crippen LogP contribution in [0.1, 0.15) is 23.8 Å². The minimum atomic E-state index is 0.387. The number of thiazole rings is 1. The van der Waals surface area contributed by atoms with E-state index in [1.165, 1.54) is 0 Å². The van der Waals surface area contributed by atoms with Gasteiger partial charge in [-0.2, -0.15) is 0 Å². The minimum absolute atomic E-state index is 0.387. The van der Waals surface area contributed by atoms with Crippen LogP contribution in [0.25, 0.3) is 11.3 Å². The summed E-state index contributed by atoms with van der Waals surface area (Å²) in [5, 5.41) is 4.53. The van der Waals surface area contributed by atoms with Crippen LogP contribution in [0.15, 0.2) is 42.2 Å². The summed E-state index contributed by atoms with van der Waals surface area (Å²) in [6.07, 6.45) is 6.23. The van der Waals surface area contributed by atoms with Gasteiger partial charge in [0.1, 0.15) is 5.15 Å². The molecule has 114 valence electrons. The molecule has 0 spiro atoms. The standard InChI is InChI=1S/C16H17ClN4S/c1-4-8-20-16-21-10-13(22-16)11(5-2)14(18-3)12-7-6-9-19-15(12)17/h5-7,9-10H,2-4,8H2,1H3,(H,20,21)/b14-11+. The zero-order chi connectivity index (χ0) is 15.9. The fraction of sp³-hybridized carbons (Fsp3) is 0.188. The molecule has 22 heavy (non-hydrogen) atoms. The maximum absolute atomic E-state index is 6.17. The molecule has 0 saturated carbocycles. The van der Waals surface area contributed by atoms with Crippen molar-refractivity contribution < 1.29 is 0 Å². The third-order valence-electron chi connectivity index (χ3n) is 2.93. The molecule has 2 heterocycles. The van der Waals surface area contributed by atoms with Crippen LogP contribution in [-0.2, 0) is 0 Å². The summed E-state index contributed by atoms with van der Waals surface area (Å²) in [5.74, 6) is 0. The highest BCUT2D eigenvalue weighted by atomic mass is 35.5. The van der Waals surface area contributed by atoms with Crippen LogP contribution < -0.4 is 5.32 Å². The lowest BCUT2D eigenvalue weighted by Gasteiger charge is -2.08. The van der Waals surface area contributed by atoms with E-state index in [9.17, 15) is 0 Å². The van der Waals surface area contributed by atoms with Crippen molar-refractivity contribution >= 4 is 46.1 Å². The number of halogens is 1. The summed E-state index contributed by atoms with van der Waals surface area (Å²) in [7, 11) is 0. The molecule has 0 aliphatic heterocycles. The van der Waals surface area contributed by atoms with E-state index in [4.69, 9.17) is 11.6 Å². The largest absolute Gasteiger partial charge is 0.362 e. The summed E-state index contributed by atoms with van der Waals surface area (Å²) in [4.78, 5) is 13.5. The summed E-state index contributed by atoms with van der Waals surface area (Å²) in [6, 6.07) is 3.67. The highest BCUT2D eigenvalue weighted by Crippen LogP contribution is 2.34. The van der Waals surface area contributed by atoms with Crippen molar-refractivity contribution in [3.05, 3.63) is 52.8 Å². The molecule has 6 heteroatoms. The number of hydrogen-bond acceptors (Lipinski definition) is 5. The number of nitrogens with zero attached hydrogens (tertiary/aromatic N) is 3. The molecule has 0 aromatic carbocycles. The molecular weight excluding hydrogens is 316 g/mol. The Morgan fingerprint density at radius 3 is 2.95 bits per heavy atom. The van der Waals surface area contributed by atoms with Gasteiger partial charge in [0.05, 0.1) is 10.6 Å².